The zero-order valence-electron chi connectivity index (χ0n) is 12.1. The summed E-state index contributed by atoms with van der Waals surface area (Å²) in [6.45, 7) is 5.41. The van der Waals surface area contributed by atoms with E-state index in [9.17, 15) is 9.59 Å². The van der Waals surface area contributed by atoms with Gasteiger partial charge >= 0.3 is 11.9 Å². The summed E-state index contributed by atoms with van der Waals surface area (Å²) in [7, 11) is 0. The molecular weight excluding hydrogens is 246 g/mol. The number of rotatable bonds is 5. The molecule has 0 saturated heterocycles. The van der Waals surface area contributed by atoms with Gasteiger partial charge < -0.3 is 15.2 Å². The highest BCUT2D eigenvalue weighted by molar-refractivity contribution is 5.77. The van der Waals surface area contributed by atoms with Crippen LogP contribution >= 0.6 is 0 Å². The van der Waals surface area contributed by atoms with Crippen LogP contribution in [0.1, 0.15) is 59.3 Å². The van der Waals surface area contributed by atoms with E-state index in [0.717, 1.165) is 25.7 Å². The maximum Gasteiger partial charge on any atom is 0.323 e. The van der Waals surface area contributed by atoms with Gasteiger partial charge in [0.05, 0.1) is 0 Å². The molecule has 0 aromatic heterocycles. The van der Waals surface area contributed by atoms with Gasteiger partial charge in [0.15, 0.2) is 0 Å². The van der Waals surface area contributed by atoms with E-state index in [0.29, 0.717) is 0 Å². The summed E-state index contributed by atoms with van der Waals surface area (Å²) < 4.78 is 10.4. The molecule has 1 saturated carbocycles. The van der Waals surface area contributed by atoms with Crippen molar-refractivity contribution in [3.63, 3.8) is 0 Å². The summed E-state index contributed by atoms with van der Waals surface area (Å²) in [5.41, 5.74) is 5.22. The molecule has 1 aliphatic rings. The van der Waals surface area contributed by atoms with Gasteiger partial charge in [-0.05, 0) is 52.9 Å². The van der Waals surface area contributed by atoms with Gasteiger partial charge in [-0.15, -0.1) is 0 Å². The van der Waals surface area contributed by atoms with Crippen molar-refractivity contribution in [3.05, 3.63) is 0 Å². The smallest absolute Gasteiger partial charge is 0.323 e. The van der Waals surface area contributed by atoms with Crippen molar-refractivity contribution in [1.82, 2.24) is 0 Å². The second-order valence-corrected chi connectivity index (χ2v) is 6.07. The van der Waals surface area contributed by atoms with Gasteiger partial charge in [-0.1, -0.05) is 0 Å². The standard InChI is InChI=1S/C14H25NO4/c1-14(2,3)19-12(16)9-8-11(15)13(17)18-10-6-4-5-7-10/h10-11H,4-9,15H2,1-3H3/t11-/m0/s1. The Morgan fingerprint density at radius 3 is 2.37 bits per heavy atom. The Morgan fingerprint density at radius 1 is 1.26 bits per heavy atom. The maximum atomic E-state index is 11.7. The topological polar surface area (TPSA) is 78.6 Å². The molecule has 1 rings (SSSR count). The Morgan fingerprint density at radius 2 is 1.84 bits per heavy atom. The Hall–Kier alpha value is -1.10. The van der Waals surface area contributed by atoms with Crippen LogP contribution in [0, 0.1) is 0 Å². The maximum absolute atomic E-state index is 11.7. The van der Waals surface area contributed by atoms with E-state index in [1.165, 1.54) is 0 Å². The van der Waals surface area contributed by atoms with Crippen molar-refractivity contribution in [2.75, 3.05) is 0 Å². The molecule has 1 atom stereocenters. The van der Waals surface area contributed by atoms with E-state index in [2.05, 4.69) is 0 Å². The molecule has 0 aromatic rings. The third-order valence-electron chi connectivity index (χ3n) is 2.97. The summed E-state index contributed by atoms with van der Waals surface area (Å²) in [5.74, 6) is -0.743. The Labute approximate surface area is 114 Å². The average Bonchev–Trinajstić information content (AvgIpc) is 2.76. The first-order valence-corrected chi connectivity index (χ1v) is 6.96. The van der Waals surface area contributed by atoms with Gasteiger partial charge in [0.25, 0.3) is 0 Å². The lowest BCUT2D eigenvalue weighted by atomic mass is 10.1. The van der Waals surface area contributed by atoms with Crippen LogP contribution in [-0.4, -0.2) is 29.7 Å². The predicted molar refractivity (Wildman–Crippen MR) is 71.4 cm³/mol. The number of ether oxygens (including phenoxy) is 2. The normalized spacial score (nSPS) is 18.1. The number of carbonyl (C=O) groups excluding carboxylic acids is 2. The van der Waals surface area contributed by atoms with Crippen molar-refractivity contribution < 1.29 is 19.1 Å². The van der Waals surface area contributed by atoms with Crippen LogP contribution in [-0.2, 0) is 19.1 Å². The fraction of sp³-hybridized carbons (Fsp3) is 0.857. The van der Waals surface area contributed by atoms with Crippen LogP contribution in [0.5, 0.6) is 0 Å². The molecule has 1 aliphatic carbocycles. The highest BCUT2D eigenvalue weighted by atomic mass is 16.6. The van der Waals surface area contributed by atoms with E-state index in [-0.39, 0.29) is 24.9 Å². The van der Waals surface area contributed by atoms with Crippen LogP contribution in [0.25, 0.3) is 0 Å². The van der Waals surface area contributed by atoms with Crippen LogP contribution in [0.4, 0.5) is 0 Å². The zero-order chi connectivity index (χ0) is 14.5. The summed E-state index contributed by atoms with van der Waals surface area (Å²) in [6, 6.07) is -0.742. The van der Waals surface area contributed by atoms with E-state index < -0.39 is 17.6 Å². The summed E-state index contributed by atoms with van der Waals surface area (Å²) in [5, 5.41) is 0. The van der Waals surface area contributed by atoms with Crippen LogP contribution in [0.15, 0.2) is 0 Å². The van der Waals surface area contributed by atoms with Crippen LogP contribution in [0.3, 0.4) is 0 Å². The molecule has 0 amide bonds. The van der Waals surface area contributed by atoms with Crippen molar-refractivity contribution in [3.8, 4) is 0 Å². The SMILES string of the molecule is CC(C)(C)OC(=O)CC[C@H](N)C(=O)OC1CCCC1. The van der Waals surface area contributed by atoms with Gasteiger partial charge in [-0.2, -0.15) is 0 Å². The molecule has 0 heterocycles. The van der Waals surface area contributed by atoms with Gasteiger partial charge in [0.2, 0.25) is 0 Å². The molecule has 110 valence electrons. The number of hydrogen-bond acceptors (Lipinski definition) is 5. The summed E-state index contributed by atoms with van der Waals surface area (Å²) >= 11 is 0. The molecule has 0 aliphatic heterocycles. The molecule has 5 heteroatoms. The van der Waals surface area contributed by atoms with Gasteiger partial charge in [-0.3, -0.25) is 9.59 Å². The summed E-state index contributed by atoms with van der Waals surface area (Å²) in [4.78, 5) is 23.2. The summed E-state index contributed by atoms with van der Waals surface area (Å²) in [6.07, 6.45) is 4.46. The molecular formula is C14H25NO4. The molecule has 0 unspecified atom stereocenters. The molecule has 0 spiro atoms. The second kappa shape index (κ2) is 6.89. The highest BCUT2D eigenvalue weighted by Gasteiger charge is 2.24. The Kier molecular flexibility index (Phi) is 5.79. The highest BCUT2D eigenvalue weighted by Crippen LogP contribution is 2.21. The minimum atomic E-state index is -0.742. The Balaban J connectivity index is 2.24. The molecule has 2 N–H and O–H groups in total. The number of nitrogens with two attached hydrogens (primary N) is 1. The first-order chi connectivity index (χ1) is 8.78. The van der Waals surface area contributed by atoms with Gasteiger partial charge in [0.1, 0.15) is 17.7 Å². The van der Waals surface area contributed by atoms with Crippen molar-refractivity contribution in [1.29, 1.82) is 0 Å². The fourth-order valence-corrected chi connectivity index (χ4v) is 2.04. The molecule has 0 radical (unpaired) electrons. The van der Waals surface area contributed by atoms with E-state index in [1.807, 2.05) is 0 Å². The van der Waals surface area contributed by atoms with Crippen molar-refractivity contribution in [2.45, 2.75) is 77.0 Å². The number of carbonyl (C=O) groups is 2. The van der Waals surface area contributed by atoms with E-state index in [1.54, 1.807) is 20.8 Å². The third-order valence-corrected chi connectivity index (χ3v) is 2.97. The number of hydrogen-bond donors (Lipinski definition) is 1. The first-order valence-electron chi connectivity index (χ1n) is 6.96. The van der Waals surface area contributed by atoms with E-state index >= 15 is 0 Å². The monoisotopic (exact) mass is 271 g/mol. The Bertz CT molecular complexity index is 316. The first kappa shape index (κ1) is 16.0. The second-order valence-electron chi connectivity index (χ2n) is 6.07. The average molecular weight is 271 g/mol. The van der Waals surface area contributed by atoms with Gasteiger partial charge in [-0.25, -0.2) is 0 Å². The molecule has 5 nitrogen and oxygen atoms in total. The minimum absolute atomic E-state index is 0.0140. The van der Waals surface area contributed by atoms with Crippen LogP contribution < -0.4 is 5.73 Å². The molecule has 1 fully saturated rings. The largest absolute Gasteiger partial charge is 0.461 e. The molecule has 19 heavy (non-hydrogen) atoms. The molecule has 0 aromatic carbocycles. The lowest BCUT2D eigenvalue weighted by molar-refractivity contribution is -0.155. The third kappa shape index (κ3) is 6.57. The predicted octanol–water partition coefficient (Wildman–Crippen LogP) is 1.92. The van der Waals surface area contributed by atoms with E-state index in [4.69, 9.17) is 15.2 Å². The lowest BCUT2D eigenvalue weighted by Gasteiger charge is -2.20. The minimum Gasteiger partial charge on any atom is -0.461 e. The van der Waals surface area contributed by atoms with Crippen LogP contribution in [0.2, 0.25) is 0 Å². The van der Waals surface area contributed by atoms with Crippen molar-refractivity contribution >= 4 is 11.9 Å². The lowest BCUT2D eigenvalue weighted by Crippen LogP contribution is -2.35. The fourth-order valence-electron chi connectivity index (χ4n) is 2.04. The quantitative estimate of drug-likeness (QED) is 0.773. The van der Waals surface area contributed by atoms with Gasteiger partial charge in [0, 0.05) is 6.42 Å². The molecule has 0 bridgehead atoms. The van der Waals surface area contributed by atoms with Crippen molar-refractivity contribution in [2.24, 2.45) is 5.73 Å². The zero-order valence-corrected chi connectivity index (χ0v) is 12.1. The number of esters is 2.